The monoisotopic (exact) mass is 568 g/mol. The highest BCUT2D eigenvalue weighted by atomic mass is 16.6. The van der Waals surface area contributed by atoms with E-state index in [2.05, 4.69) is 23.7 Å². The van der Waals surface area contributed by atoms with E-state index in [9.17, 15) is 19.2 Å². The minimum Gasteiger partial charge on any atom is -0.465 e. The number of rotatable bonds is 24. The fourth-order valence-corrected chi connectivity index (χ4v) is 3.46. The van der Waals surface area contributed by atoms with Gasteiger partial charge in [-0.05, 0) is 51.4 Å². The molecule has 0 heterocycles. The van der Waals surface area contributed by atoms with Crippen LogP contribution < -0.4 is 0 Å². The maximum Gasteiger partial charge on any atom is 0.305 e. The van der Waals surface area contributed by atoms with Crippen LogP contribution in [0.25, 0.3) is 0 Å². The van der Waals surface area contributed by atoms with Crippen molar-refractivity contribution in [1.29, 1.82) is 0 Å². The van der Waals surface area contributed by atoms with Crippen LogP contribution in [0.5, 0.6) is 0 Å². The van der Waals surface area contributed by atoms with Gasteiger partial charge in [0.05, 0.1) is 0 Å². The molecule has 0 saturated carbocycles. The zero-order valence-corrected chi connectivity index (χ0v) is 24.2. The molecule has 0 bridgehead atoms. The van der Waals surface area contributed by atoms with Gasteiger partial charge in [-0.2, -0.15) is 0 Å². The summed E-state index contributed by atoms with van der Waals surface area (Å²) in [5.41, 5.74) is -1.30. The van der Waals surface area contributed by atoms with Gasteiger partial charge in [0.25, 0.3) is 0 Å². The lowest BCUT2D eigenvalue weighted by molar-refractivity contribution is -0.170. The average molecular weight is 569 g/mol. The minimum atomic E-state index is -1.30. The summed E-state index contributed by atoms with van der Waals surface area (Å²) in [5.74, 6) is 8.10. The van der Waals surface area contributed by atoms with Crippen molar-refractivity contribution in [3.63, 3.8) is 0 Å². The smallest absolute Gasteiger partial charge is 0.305 e. The standard InChI is InChI=1S/C33H44O8/c1-5-9-13-17-21-29(34)38-25-33(26-39-30(35)22-18-14-10-6-2,27-40-31(36)23-19-15-11-7-3)28-41-32(37)24-20-16-12-8-4/h1-4H,9-28H2. The van der Waals surface area contributed by atoms with Crippen molar-refractivity contribution in [3.8, 4) is 49.4 Å². The number of hydrogen-bond acceptors (Lipinski definition) is 8. The Morgan fingerprint density at radius 2 is 0.634 bits per heavy atom. The Morgan fingerprint density at radius 1 is 0.415 bits per heavy atom. The summed E-state index contributed by atoms with van der Waals surface area (Å²) < 4.78 is 22.0. The largest absolute Gasteiger partial charge is 0.465 e. The Balaban J connectivity index is 5.53. The number of carbonyl (C=O) groups is 4. The molecule has 0 aromatic heterocycles. The van der Waals surface area contributed by atoms with Gasteiger partial charge in [0.2, 0.25) is 0 Å². The molecule has 0 N–H and O–H groups in total. The van der Waals surface area contributed by atoms with Crippen LogP contribution in [-0.4, -0.2) is 50.3 Å². The SMILES string of the molecule is C#CCCCCC(=O)OCC(COC(=O)CCCCC#C)(COC(=O)CCCCC#C)COC(=O)CCCCC#C. The van der Waals surface area contributed by atoms with E-state index in [-0.39, 0.29) is 52.1 Å². The molecule has 0 fully saturated rings. The van der Waals surface area contributed by atoms with Crippen molar-refractivity contribution in [2.75, 3.05) is 26.4 Å². The van der Waals surface area contributed by atoms with E-state index in [1.165, 1.54) is 0 Å². The van der Waals surface area contributed by atoms with Crippen molar-refractivity contribution >= 4 is 23.9 Å². The van der Waals surface area contributed by atoms with Gasteiger partial charge in [-0.3, -0.25) is 19.2 Å². The van der Waals surface area contributed by atoms with E-state index in [4.69, 9.17) is 44.6 Å². The zero-order valence-electron chi connectivity index (χ0n) is 24.2. The third kappa shape index (κ3) is 21.6. The molecule has 0 atom stereocenters. The quantitative estimate of drug-likeness (QED) is 0.0699. The second-order valence-corrected chi connectivity index (χ2v) is 9.79. The predicted molar refractivity (Wildman–Crippen MR) is 155 cm³/mol. The third-order valence-electron chi connectivity index (χ3n) is 5.97. The summed E-state index contributed by atoms with van der Waals surface area (Å²) in [6.45, 7) is -1.17. The molecule has 0 spiro atoms. The van der Waals surface area contributed by atoms with Crippen molar-refractivity contribution in [2.24, 2.45) is 5.41 Å². The first kappa shape index (κ1) is 37.1. The van der Waals surface area contributed by atoms with E-state index in [0.717, 1.165) is 0 Å². The van der Waals surface area contributed by atoms with Gasteiger partial charge < -0.3 is 18.9 Å². The lowest BCUT2D eigenvalue weighted by Gasteiger charge is -2.31. The maximum atomic E-state index is 12.4. The van der Waals surface area contributed by atoms with Crippen molar-refractivity contribution in [3.05, 3.63) is 0 Å². The number of esters is 4. The van der Waals surface area contributed by atoms with Crippen LogP contribution >= 0.6 is 0 Å². The van der Waals surface area contributed by atoms with Crippen molar-refractivity contribution in [2.45, 2.75) is 103 Å². The van der Waals surface area contributed by atoms with Crippen LogP contribution in [-0.2, 0) is 38.1 Å². The molecule has 8 heteroatoms. The van der Waals surface area contributed by atoms with E-state index in [1.807, 2.05) is 0 Å². The van der Waals surface area contributed by atoms with E-state index in [0.29, 0.717) is 77.0 Å². The van der Waals surface area contributed by atoms with E-state index >= 15 is 0 Å². The minimum absolute atomic E-state index is 0.136. The van der Waals surface area contributed by atoms with Crippen LogP contribution in [0.15, 0.2) is 0 Å². The number of unbranched alkanes of at least 4 members (excludes halogenated alkanes) is 8. The summed E-state index contributed by atoms with van der Waals surface area (Å²) in [6, 6.07) is 0. The van der Waals surface area contributed by atoms with Crippen molar-refractivity contribution in [1.82, 2.24) is 0 Å². The molecular weight excluding hydrogens is 524 g/mol. The molecule has 0 aliphatic rings. The lowest BCUT2D eigenvalue weighted by atomic mass is 9.92. The van der Waals surface area contributed by atoms with Crippen LogP contribution in [0.4, 0.5) is 0 Å². The third-order valence-corrected chi connectivity index (χ3v) is 5.97. The highest BCUT2D eigenvalue weighted by Crippen LogP contribution is 2.23. The van der Waals surface area contributed by atoms with Crippen LogP contribution in [0.3, 0.4) is 0 Å². The highest BCUT2D eigenvalue weighted by Gasteiger charge is 2.38. The fraction of sp³-hybridized carbons (Fsp3) is 0.636. The van der Waals surface area contributed by atoms with Gasteiger partial charge in [0.15, 0.2) is 0 Å². The Hall–Kier alpha value is -3.88. The van der Waals surface area contributed by atoms with Gasteiger partial charge in [0, 0.05) is 51.4 Å². The van der Waals surface area contributed by atoms with Crippen LogP contribution in [0.2, 0.25) is 0 Å². The van der Waals surface area contributed by atoms with Crippen LogP contribution in [0.1, 0.15) is 103 Å². The van der Waals surface area contributed by atoms with Crippen LogP contribution in [0, 0.1) is 54.8 Å². The summed E-state index contributed by atoms with van der Waals surface area (Å²) in [6.07, 6.45) is 28.6. The summed E-state index contributed by atoms with van der Waals surface area (Å²) in [5, 5.41) is 0. The molecule has 224 valence electrons. The molecule has 41 heavy (non-hydrogen) atoms. The van der Waals surface area contributed by atoms with E-state index < -0.39 is 29.3 Å². The lowest BCUT2D eigenvalue weighted by Crippen LogP contribution is -2.44. The molecule has 0 aliphatic carbocycles. The molecular formula is C33H44O8. The molecule has 0 aromatic carbocycles. The first-order valence-corrected chi connectivity index (χ1v) is 14.2. The first-order valence-electron chi connectivity index (χ1n) is 14.2. The van der Waals surface area contributed by atoms with Gasteiger partial charge >= 0.3 is 23.9 Å². The second-order valence-electron chi connectivity index (χ2n) is 9.79. The topological polar surface area (TPSA) is 105 Å². The number of terminal acetylenes is 4. The highest BCUT2D eigenvalue weighted by molar-refractivity contribution is 5.71. The Labute approximate surface area is 246 Å². The van der Waals surface area contributed by atoms with Gasteiger partial charge in [-0.15, -0.1) is 49.4 Å². The average Bonchev–Trinajstić information content (AvgIpc) is 2.97. The molecule has 0 aromatic rings. The molecule has 0 amide bonds. The van der Waals surface area contributed by atoms with Gasteiger partial charge in [-0.25, -0.2) is 0 Å². The normalized spacial score (nSPS) is 10.2. The summed E-state index contributed by atoms with van der Waals surface area (Å²) in [4.78, 5) is 49.7. The molecule has 0 radical (unpaired) electrons. The van der Waals surface area contributed by atoms with Gasteiger partial charge in [-0.1, -0.05) is 0 Å². The fourth-order valence-electron chi connectivity index (χ4n) is 3.46. The molecule has 8 nitrogen and oxygen atoms in total. The number of ether oxygens (including phenoxy) is 4. The predicted octanol–water partition coefficient (Wildman–Crippen LogP) is 4.92. The van der Waals surface area contributed by atoms with E-state index in [1.54, 1.807) is 0 Å². The summed E-state index contributed by atoms with van der Waals surface area (Å²) >= 11 is 0. The maximum absolute atomic E-state index is 12.4. The van der Waals surface area contributed by atoms with Gasteiger partial charge in [0.1, 0.15) is 31.8 Å². The Kier molecular flexibility index (Phi) is 22.7. The Bertz CT molecular complexity index is 796. The molecule has 0 rings (SSSR count). The molecule has 0 aliphatic heterocycles. The number of hydrogen-bond donors (Lipinski definition) is 0. The van der Waals surface area contributed by atoms with Crippen molar-refractivity contribution < 1.29 is 38.1 Å². The first-order chi connectivity index (χ1) is 19.8. The number of carbonyl (C=O) groups excluding carboxylic acids is 4. The zero-order chi connectivity index (χ0) is 30.6. The molecule has 0 unspecified atom stereocenters. The summed E-state index contributed by atoms with van der Waals surface area (Å²) in [7, 11) is 0. The molecule has 0 saturated heterocycles. The second kappa shape index (κ2) is 25.1. The Morgan fingerprint density at radius 3 is 0.829 bits per heavy atom.